The first kappa shape index (κ1) is 12.6. The zero-order valence-corrected chi connectivity index (χ0v) is 8.35. The summed E-state index contributed by atoms with van der Waals surface area (Å²) >= 11 is 0. The molecule has 6 heteroatoms. The fraction of sp³-hybridized carbons (Fsp3) is 0.400. The predicted octanol–water partition coefficient (Wildman–Crippen LogP) is 3.36. The van der Waals surface area contributed by atoms with Gasteiger partial charge >= 0.3 is 6.36 Å². The lowest BCUT2D eigenvalue weighted by molar-refractivity contribution is -0.274. The van der Waals surface area contributed by atoms with E-state index >= 15 is 0 Å². The maximum atomic E-state index is 12.0. The van der Waals surface area contributed by atoms with E-state index in [9.17, 15) is 17.6 Å². The van der Waals surface area contributed by atoms with Crippen LogP contribution in [0, 0.1) is 0 Å². The summed E-state index contributed by atoms with van der Waals surface area (Å²) in [4.78, 5) is 0. The van der Waals surface area contributed by atoms with Crippen molar-refractivity contribution in [1.82, 2.24) is 0 Å². The SMILES string of the molecule is FCCCNc1ccccc1OC(F)(F)F. The number of hydrogen-bond acceptors (Lipinski definition) is 2. The first-order valence-corrected chi connectivity index (χ1v) is 4.67. The van der Waals surface area contributed by atoms with Crippen LogP contribution in [0.15, 0.2) is 24.3 Å². The van der Waals surface area contributed by atoms with Crippen LogP contribution in [0.1, 0.15) is 6.42 Å². The molecule has 0 aromatic heterocycles. The van der Waals surface area contributed by atoms with Crippen molar-refractivity contribution in [2.24, 2.45) is 0 Å². The van der Waals surface area contributed by atoms with Gasteiger partial charge in [-0.3, -0.25) is 4.39 Å². The van der Waals surface area contributed by atoms with Crippen LogP contribution in [0.5, 0.6) is 5.75 Å². The molecule has 0 atom stereocenters. The number of para-hydroxylation sites is 2. The Morgan fingerprint density at radius 2 is 1.88 bits per heavy atom. The molecule has 16 heavy (non-hydrogen) atoms. The topological polar surface area (TPSA) is 21.3 Å². The number of rotatable bonds is 5. The largest absolute Gasteiger partial charge is 0.573 e. The van der Waals surface area contributed by atoms with E-state index in [-0.39, 0.29) is 24.4 Å². The number of anilines is 1. The molecule has 90 valence electrons. The van der Waals surface area contributed by atoms with Crippen molar-refractivity contribution < 1.29 is 22.3 Å². The molecule has 2 nitrogen and oxygen atoms in total. The highest BCUT2D eigenvalue weighted by Crippen LogP contribution is 2.29. The van der Waals surface area contributed by atoms with E-state index in [2.05, 4.69) is 10.1 Å². The molecule has 1 aromatic carbocycles. The normalized spacial score (nSPS) is 11.2. The summed E-state index contributed by atoms with van der Waals surface area (Å²) in [5, 5.41) is 2.67. The van der Waals surface area contributed by atoms with Crippen LogP contribution in [0.4, 0.5) is 23.2 Å². The van der Waals surface area contributed by atoms with Crippen LogP contribution in [0.25, 0.3) is 0 Å². The molecule has 0 radical (unpaired) electrons. The van der Waals surface area contributed by atoms with Gasteiger partial charge in [0.05, 0.1) is 12.4 Å². The molecule has 0 fully saturated rings. The third-order valence-corrected chi connectivity index (χ3v) is 1.74. The molecule has 0 aliphatic heterocycles. The molecular weight excluding hydrogens is 226 g/mol. The predicted molar refractivity (Wildman–Crippen MR) is 52.2 cm³/mol. The lowest BCUT2D eigenvalue weighted by atomic mass is 10.3. The lowest BCUT2D eigenvalue weighted by Crippen LogP contribution is -2.18. The Hall–Kier alpha value is -1.46. The summed E-state index contributed by atoms with van der Waals surface area (Å²) in [6.45, 7) is -0.260. The molecular formula is C10H11F4NO. The summed E-state index contributed by atoms with van der Waals surface area (Å²) in [5.74, 6) is -0.311. The average molecular weight is 237 g/mol. The molecule has 0 unspecified atom stereocenters. The van der Waals surface area contributed by atoms with Crippen LogP contribution in [0.3, 0.4) is 0 Å². The Bertz CT molecular complexity index is 327. The second kappa shape index (κ2) is 5.58. The molecule has 0 aliphatic rings. The Labute approximate surface area is 90.2 Å². The maximum Gasteiger partial charge on any atom is 0.573 e. The van der Waals surface area contributed by atoms with Crippen molar-refractivity contribution in [3.05, 3.63) is 24.3 Å². The minimum atomic E-state index is -4.72. The fourth-order valence-electron chi connectivity index (χ4n) is 1.12. The molecule has 0 saturated carbocycles. The third-order valence-electron chi connectivity index (χ3n) is 1.74. The van der Waals surface area contributed by atoms with Crippen LogP contribution in [0.2, 0.25) is 0 Å². The van der Waals surface area contributed by atoms with Crippen LogP contribution in [-0.4, -0.2) is 19.6 Å². The molecule has 1 N–H and O–H groups in total. The molecule has 0 aliphatic carbocycles. The van der Waals surface area contributed by atoms with Crippen LogP contribution in [-0.2, 0) is 0 Å². The van der Waals surface area contributed by atoms with Gasteiger partial charge in [-0.1, -0.05) is 12.1 Å². The van der Waals surface area contributed by atoms with Crippen molar-refractivity contribution in [2.75, 3.05) is 18.5 Å². The first-order valence-electron chi connectivity index (χ1n) is 4.67. The smallest absolute Gasteiger partial charge is 0.404 e. The molecule has 0 spiro atoms. The van der Waals surface area contributed by atoms with E-state index in [1.165, 1.54) is 18.2 Å². The van der Waals surface area contributed by atoms with E-state index in [0.717, 1.165) is 0 Å². The summed E-state index contributed by atoms with van der Waals surface area (Å²) < 4.78 is 51.6. The lowest BCUT2D eigenvalue weighted by Gasteiger charge is -2.13. The van der Waals surface area contributed by atoms with E-state index in [1.54, 1.807) is 6.07 Å². The van der Waals surface area contributed by atoms with Gasteiger partial charge in [-0.15, -0.1) is 13.2 Å². The first-order chi connectivity index (χ1) is 7.53. The van der Waals surface area contributed by atoms with Gasteiger partial charge < -0.3 is 10.1 Å². The Morgan fingerprint density at radius 3 is 2.50 bits per heavy atom. The van der Waals surface area contributed by atoms with Gasteiger partial charge in [-0.25, -0.2) is 0 Å². The number of hydrogen-bond donors (Lipinski definition) is 1. The Balaban J connectivity index is 2.68. The highest BCUT2D eigenvalue weighted by molar-refractivity contribution is 5.56. The van der Waals surface area contributed by atoms with Crippen molar-refractivity contribution in [3.8, 4) is 5.75 Å². The van der Waals surface area contributed by atoms with Gasteiger partial charge in [0.1, 0.15) is 0 Å². The maximum absolute atomic E-state index is 12.0. The van der Waals surface area contributed by atoms with Crippen molar-refractivity contribution in [1.29, 1.82) is 0 Å². The third kappa shape index (κ3) is 4.37. The van der Waals surface area contributed by atoms with Crippen LogP contribution >= 0.6 is 0 Å². The zero-order valence-electron chi connectivity index (χ0n) is 8.35. The van der Waals surface area contributed by atoms with Gasteiger partial charge in [-0.2, -0.15) is 0 Å². The van der Waals surface area contributed by atoms with Crippen LogP contribution < -0.4 is 10.1 Å². The van der Waals surface area contributed by atoms with Crippen molar-refractivity contribution in [2.45, 2.75) is 12.8 Å². The zero-order chi connectivity index (χ0) is 12.0. The van der Waals surface area contributed by atoms with Gasteiger partial charge in [-0.05, 0) is 18.6 Å². The van der Waals surface area contributed by atoms with E-state index in [1.807, 2.05) is 0 Å². The molecule has 0 heterocycles. The number of halogens is 4. The number of benzene rings is 1. The highest BCUT2D eigenvalue weighted by atomic mass is 19.4. The molecule has 0 bridgehead atoms. The quantitative estimate of drug-likeness (QED) is 0.626. The standard InChI is InChI=1S/C10H11F4NO/c11-6-3-7-15-8-4-1-2-5-9(8)16-10(12,13)14/h1-2,4-5,15H,3,6-7H2. The van der Waals surface area contributed by atoms with Gasteiger partial charge in [0.15, 0.2) is 5.75 Å². The van der Waals surface area contributed by atoms with Crippen molar-refractivity contribution in [3.63, 3.8) is 0 Å². The fourth-order valence-corrected chi connectivity index (χ4v) is 1.12. The van der Waals surface area contributed by atoms with Gasteiger partial charge in [0.2, 0.25) is 0 Å². The van der Waals surface area contributed by atoms with Gasteiger partial charge in [0.25, 0.3) is 0 Å². The minimum Gasteiger partial charge on any atom is -0.404 e. The van der Waals surface area contributed by atoms with E-state index in [4.69, 9.17) is 0 Å². The van der Waals surface area contributed by atoms with E-state index < -0.39 is 13.0 Å². The summed E-state index contributed by atoms with van der Waals surface area (Å²) in [6.07, 6.45) is -4.49. The van der Waals surface area contributed by atoms with Gasteiger partial charge in [0, 0.05) is 6.54 Å². The monoisotopic (exact) mass is 237 g/mol. The summed E-state index contributed by atoms with van der Waals surface area (Å²) in [7, 11) is 0. The van der Waals surface area contributed by atoms with Crippen molar-refractivity contribution >= 4 is 5.69 Å². The average Bonchev–Trinajstić information content (AvgIpc) is 2.19. The second-order valence-electron chi connectivity index (χ2n) is 3.01. The highest BCUT2D eigenvalue weighted by Gasteiger charge is 2.31. The molecule has 1 aromatic rings. The summed E-state index contributed by atoms with van der Waals surface area (Å²) in [5.41, 5.74) is 0.202. The number of ether oxygens (including phenoxy) is 1. The molecule has 0 amide bonds. The number of alkyl halides is 4. The molecule has 1 rings (SSSR count). The Kier molecular flexibility index (Phi) is 4.39. The number of nitrogens with one attached hydrogen (secondary N) is 1. The second-order valence-corrected chi connectivity index (χ2v) is 3.01. The Morgan fingerprint density at radius 1 is 1.19 bits per heavy atom. The summed E-state index contributed by atoms with van der Waals surface area (Å²) in [6, 6.07) is 5.65. The van der Waals surface area contributed by atoms with E-state index in [0.29, 0.717) is 0 Å². The minimum absolute atomic E-state index is 0.202. The molecule has 0 saturated heterocycles.